The van der Waals surface area contributed by atoms with Gasteiger partial charge in [-0.2, -0.15) is 0 Å². The van der Waals surface area contributed by atoms with Crippen molar-refractivity contribution in [2.24, 2.45) is 28.6 Å². The van der Waals surface area contributed by atoms with Crippen LogP contribution < -0.4 is 0 Å². The third-order valence-electron chi connectivity index (χ3n) is 8.47. The Morgan fingerprint density at radius 3 is 2.67 bits per heavy atom. The lowest BCUT2D eigenvalue weighted by Crippen LogP contribution is -2.64. The summed E-state index contributed by atoms with van der Waals surface area (Å²) in [6.45, 7) is 9.44. The normalized spacial score (nSPS) is 52.9. The summed E-state index contributed by atoms with van der Waals surface area (Å²) in [6.07, 6.45) is 15.5. The van der Waals surface area contributed by atoms with Crippen molar-refractivity contribution in [3.8, 4) is 0 Å². The average molecular weight is 365 g/mol. The molecule has 4 rings (SSSR count). The van der Waals surface area contributed by atoms with Crippen LogP contribution in [0.25, 0.3) is 0 Å². The van der Waals surface area contributed by atoms with Crippen molar-refractivity contribution in [3.05, 3.63) is 35.5 Å². The molecule has 132 valence electrons. The second kappa shape index (κ2) is 5.40. The number of hydrogen-bond donors (Lipinski definition) is 0. The van der Waals surface area contributed by atoms with Gasteiger partial charge in [0.15, 0.2) is 0 Å². The minimum absolute atomic E-state index is 0.0115. The molecule has 0 aromatic rings. The minimum Gasteiger partial charge on any atom is -0.121 e. The van der Waals surface area contributed by atoms with Gasteiger partial charge in [-0.25, -0.2) is 0 Å². The van der Waals surface area contributed by atoms with E-state index in [0.29, 0.717) is 17.3 Å². The first-order valence-electron chi connectivity index (χ1n) is 9.69. The summed E-state index contributed by atoms with van der Waals surface area (Å²) in [4.78, 5) is -0.400. The first-order chi connectivity index (χ1) is 11.3. The molecule has 0 N–H and O–H groups in total. The summed E-state index contributed by atoms with van der Waals surface area (Å²) in [5.41, 5.74) is 3.00. The molecule has 0 aromatic heterocycles. The Hall–Kier alpha value is -0.200. The largest absolute Gasteiger partial charge is 0.121 e. The van der Waals surface area contributed by atoms with E-state index in [1.165, 1.54) is 30.4 Å². The third kappa shape index (κ3) is 1.83. The molecule has 0 aromatic carbocycles. The molecule has 4 aliphatic rings. The second-order valence-electron chi connectivity index (χ2n) is 9.03. The average Bonchev–Trinajstić information content (AvgIpc) is 2.86. The number of alkyl halides is 2. The lowest BCUT2D eigenvalue weighted by atomic mass is 9.47. The van der Waals surface area contributed by atoms with E-state index in [1.54, 1.807) is 0 Å². The van der Waals surface area contributed by atoms with Crippen molar-refractivity contribution in [1.82, 2.24) is 0 Å². The van der Waals surface area contributed by atoms with Crippen molar-refractivity contribution in [2.75, 3.05) is 0 Å². The molecule has 0 spiro atoms. The van der Waals surface area contributed by atoms with Crippen LogP contribution in [0.2, 0.25) is 0 Å². The topological polar surface area (TPSA) is 0 Å². The van der Waals surface area contributed by atoms with Crippen molar-refractivity contribution in [3.63, 3.8) is 0 Å². The van der Waals surface area contributed by atoms with Crippen LogP contribution in [0.1, 0.15) is 59.8 Å². The minimum atomic E-state index is -0.400. The smallest absolute Gasteiger partial charge is 0.0805 e. The molecule has 0 bridgehead atoms. The third-order valence-corrected chi connectivity index (χ3v) is 9.97. The highest BCUT2D eigenvalue weighted by Crippen LogP contribution is 2.70. The van der Waals surface area contributed by atoms with Gasteiger partial charge in [0.2, 0.25) is 0 Å². The van der Waals surface area contributed by atoms with Gasteiger partial charge in [0.1, 0.15) is 0 Å². The molecule has 24 heavy (non-hydrogen) atoms. The molecule has 0 heterocycles. The Labute approximate surface area is 157 Å². The van der Waals surface area contributed by atoms with Gasteiger partial charge in [-0.1, -0.05) is 50.1 Å². The molecular weight excluding hydrogens is 335 g/mol. The molecule has 2 heteroatoms. The highest BCUT2D eigenvalue weighted by Gasteiger charge is 2.68. The molecule has 7 atom stereocenters. The lowest BCUT2D eigenvalue weighted by molar-refractivity contribution is 0.0167. The van der Waals surface area contributed by atoms with Crippen molar-refractivity contribution in [1.29, 1.82) is 0 Å². The Balaban J connectivity index is 1.87. The number of fused-ring (bicyclic) bond motifs is 5. The lowest BCUT2D eigenvalue weighted by Gasteiger charge is -2.62. The second-order valence-corrected chi connectivity index (χ2v) is 10.2. The van der Waals surface area contributed by atoms with Gasteiger partial charge in [0, 0.05) is 11.3 Å². The van der Waals surface area contributed by atoms with Crippen LogP contribution in [0, 0.1) is 28.6 Å². The van der Waals surface area contributed by atoms with Crippen molar-refractivity contribution < 1.29 is 0 Å². The summed E-state index contributed by atoms with van der Waals surface area (Å²) >= 11 is 14.8. The molecule has 2 fully saturated rings. The van der Waals surface area contributed by atoms with E-state index < -0.39 is 4.87 Å². The number of hydrogen-bond acceptors (Lipinski definition) is 0. The van der Waals surface area contributed by atoms with Gasteiger partial charge in [-0.05, 0) is 62.4 Å². The fraction of sp³-hybridized carbons (Fsp3) is 0.727. The zero-order valence-corrected chi connectivity index (χ0v) is 16.9. The zero-order chi connectivity index (χ0) is 17.3. The molecule has 0 saturated heterocycles. The van der Waals surface area contributed by atoms with Crippen LogP contribution in [0.5, 0.6) is 0 Å². The van der Waals surface area contributed by atoms with Crippen molar-refractivity contribution in [2.45, 2.75) is 70.1 Å². The van der Waals surface area contributed by atoms with E-state index in [-0.39, 0.29) is 10.8 Å². The first-order valence-corrected chi connectivity index (χ1v) is 10.5. The maximum absolute atomic E-state index is 7.59. The standard InChI is InChI=1S/C22H30Cl2/c1-5-15-9-11-17-18-12-10-16-8-6-7-14(2)21(16,4)22(18,24)19(23)13-20(15,17)3/h7-8,10,12,15,17-19H,5-6,9,11,13H2,1-4H3/t15-,17-,18-,19?,20+,21-,22-/m0/s1. The van der Waals surface area contributed by atoms with E-state index in [9.17, 15) is 0 Å². The Bertz CT molecular complexity index is 644. The van der Waals surface area contributed by atoms with Crippen LogP contribution in [0.15, 0.2) is 35.5 Å². The maximum Gasteiger partial charge on any atom is 0.0805 e. The van der Waals surface area contributed by atoms with E-state index in [4.69, 9.17) is 23.2 Å². The fourth-order valence-electron chi connectivity index (χ4n) is 6.84. The zero-order valence-electron chi connectivity index (χ0n) is 15.4. The van der Waals surface area contributed by atoms with E-state index in [2.05, 4.69) is 52.0 Å². The number of allylic oxidation sites excluding steroid dienone is 6. The Kier molecular flexibility index (Phi) is 3.87. The van der Waals surface area contributed by atoms with Crippen LogP contribution in [0.4, 0.5) is 0 Å². The van der Waals surface area contributed by atoms with Crippen LogP contribution in [-0.2, 0) is 0 Å². The van der Waals surface area contributed by atoms with Crippen LogP contribution in [0.3, 0.4) is 0 Å². The summed E-state index contributed by atoms with van der Waals surface area (Å²) in [5, 5.41) is 0.0115. The number of rotatable bonds is 1. The molecule has 0 aliphatic heterocycles. The monoisotopic (exact) mass is 364 g/mol. The predicted octanol–water partition coefficient (Wildman–Crippen LogP) is 6.89. The van der Waals surface area contributed by atoms with E-state index in [1.807, 2.05) is 0 Å². The van der Waals surface area contributed by atoms with Gasteiger partial charge < -0.3 is 0 Å². The van der Waals surface area contributed by atoms with Gasteiger partial charge in [-0.3, -0.25) is 0 Å². The Morgan fingerprint density at radius 2 is 1.96 bits per heavy atom. The predicted molar refractivity (Wildman–Crippen MR) is 105 cm³/mol. The molecule has 0 amide bonds. The van der Waals surface area contributed by atoms with Crippen molar-refractivity contribution >= 4 is 23.2 Å². The molecule has 4 aliphatic carbocycles. The maximum atomic E-state index is 7.59. The molecule has 0 radical (unpaired) electrons. The molecule has 1 unspecified atom stereocenters. The summed E-state index contributed by atoms with van der Waals surface area (Å²) in [6, 6.07) is 0. The molecular formula is C22H30Cl2. The first kappa shape index (κ1) is 17.2. The summed E-state index contributed by atoms with van der Waals surface area (Å²) in [7, 11) is 0. The fourth-order valence-corrected chi connectivity index (χ4v) is 8.10. The number of halogens is 2. The summed E-state index contributed by atoms with van der Waals surface area (Å²) < 4.78 is 0. The highest BCUT2D eigenvalue weighted by atomic mass is 35.5. The van der Waals surface area contributed by atoms with Gasteiger partial charge in [-0.15, -0.1) is 23.2 Å². The molecule has 0 nitrogen and oxygen atoms in total. The van der Waals surface area contributed by atoms with Crippen LogP contribution in [-0.4, -0.2) is 10.3 Å². The van der Waals surface area contributed by atoms with Crippen LogP contribution >= 0.6 is 23.2 Å². The van der Waals surface area contributed by atoms with E-state index >= 15 is 0 Å². The van der Waals surface area contributed by atoms with Gasteiger partial charge in [0.25, 0.3) is 0 Å². The molecule has 2 saturated carbocycles. The SMILES string of the molecule is CC[C@H]1CC[C@H]2[C@@H]3C=CC4=CCC=C(C)[C@]4(C)[C@@]3(Cl)C(Cl)C[C@]12C. The highest BCUT2D eigenvalue weighted by molar-refractivity contribution is 6.34. The van der Waals surface area contributed by atoms with Gasteiger partial charge in [0.05, 0.1) is 10.3 Å². The van der Waals surface area contributed by atoms with Gasteiger partial charge >= 0.3 is 0 Å². The Morgan fingerprint density at radius 1 is 1.21 bits per heavy atom. The van der Waals surface area contributed by atoms with E-state index in [0.717, 1.165) is 18.8 Å². The quantitative estimate of drug-likeness (QED) is 0.351. The summed E-state index contributed by atoms with van der Waals surface area (Å²) in [5.74, 6) is 1.84.